The lowest BCUT2D eigenvalue weighted by Crippen LogP contribution is -2.45. The topological polar surface area (TPSA) is 87.9 Å². The summed E-state index contributed by atoms with van der Waals surface area (Å²) in [7, 11) is 0. The smallest absolute Gasteiger partial charge is 0.229 e. The maximum Gasteiger partial charge on any atom is 0.229 e. The molecular weight excluding hydrogens is 469 g/mol. The molecule has 37 heavy (non-hydrogen) atoms. The monoisotopic (exact) mass is 503 g/mol. The van der Waals surface area contributed by atoms with E-state index in [9.17, 15) is 4.39 Å². The Hall–Kier alpha value is -3.50. The van der Waals surface area contributed by atoms with E-state index >= 15 is 0 Å². The molecule has 0 unspecified atom stereocenters. The molecule has 1 saturated heterocycles. The highest BCUT2D eigenvalue weighted by Crippen LogP contribution is 2.29. The average molecular weight is 504 g/mol. The van der Waals surface area contributed by atoms with E-state index in [1.807, 2.05) is 25.3 Å². The van der Waals surface area contributed by atoms with Gasteiger partial charge in [0.25, 0.3) is 0 Å². The van der Waals surface area contributed by atoms with Crippen LogP contribution in [0, 0.1) is 12.7 Å². The Morgan fingerprint density at radius 2 is 1.70 bits per heavy atom. The van der Waals surface area contributed by atoms with Crippen LogP contribution < -0.4 is 5.32 Å². The highest BCUT2D eigenvalue weighted by molar-refractivity contribution is 5.78. The van der Waals surface area contributed by atoms with Gasteiger partial charge in [-0.15, -0.1) is 0 Å². The summed E-state index contributed by atoms with van der Waals surface area (Å²) in [6, 6.07) is 5.85. The van der Waals surface area contributed by atoms with Crippen molar-refractivity contribution >= 4 is 22.9 Å². The second-order valence-electron chi connectivity index (χ2n) is 10.5. The van der Waals surface area contributed by atoms with Gasteiger partial charge >= 0.3 is 0 Å². The van der Waals surface area contributed by atoms with Crippen molar-refractivity contribution in [1.82, 2.24) is 39.3 Å². The minimum absolute atomic E-state index is 0.175. The second-order valence-corrected chi connectivity index (χ2v) is 10.5. The largest absolute Gasteiger partial charge is 0.321 e. The van der Waals surface area contributed by atoms with E-state index in [0.717, 1.165) is 56.2 Å². The molecule has 1 aliphatic heterocycles. The molecule has 10 heteroatoms. The third-order valence-electron chi connectivity index (χ3n) is 6.75. The van der Waals surface area contributed by atoms with Gasteiger partial charge in [-0.2, -0.15) is 0 Å². The molecule has 4 aromatic rings. The van der Waals surface area contributed by atoms with Gasteiger partial charge in [0.1, 0.15) is 17.3 Å². The van der Waals surface area contributed by atoms with Gasteiger partial charge in [0.05, 0.1) is 11.7 Å². The van der Waals surface area contributed by atoms with Crippen LogP contribution >= 0.6 is 0 Å². The van der Waals surface area contributed by atoms with Gasteiger partial charge in [0.2, 0.25) is 5.95 Å². The van der Waals surface area contributed by atoms with E-state index < -0.39 is 5.82 Å². The minimum atomic E-state index is -0.517. The Kier molecular flexibility index (Phi) is 6.87. The van der Waals surface area contributed by atoms with Crippen LogP contribution in [0.15, 0.2) is 36.8 Å². The summed E-state index contributed by atoms with van der Waals surface area (Å²) < 4.78 is 16.9. The summed E-state index contributed by atoms with van der Waals surface area (Å²) in [6.45, 7) is 16.8. The number of anilines is 2. The fourth-order valence-corrected chi connectivity index (χ4v) is 4.91. The van der Waals surface area contributed by atoms with Gasteiger partial charge in [-0.1, -0.05) is 13.0 Å². The Labute approximate surface area is 216 Å². The molecule has 194 valence electrons. The summed E-state index contributed by atoms with van der Waals surface area (Å²) >= 11 is 0. The molecule has 0 radical (unpaired) electrons. The van der Waals surface area contributed by atoms with Crippen LogP contribution in [0.4, 0.5) is 16.2 Å². The average Bonchev–Trinajstić information content (AvgIpc) is 3.22. The number of nitrogens with one attached hydrogen (secondary N) is 1. The maximum absolute atomic E-state index is 14.8. The quantitative estimate of drug-likeness (QED) is 0.415. The lowest BCUT2D eigenvalue weighted by Gasteiger charge is -2.33. The highest BCUT2D eigenvalue weighted by atomic mass is 19.1. The predicted molar refractivity (Wildman–Crippen MR) is 143 cm³/mol. The van der Waals surface area contributed by atoms with Gasteiger partial charge in [-0.3, -0.25) is 4.90 Å². The number of nitrogens with zero attached hydrogens (tertiary/aromatic N) is 8. The summed E-state index contributed by atoms with van der Waals surface area (Å²) in [5.41, 5.74) is 3.16. The van der Waals surface area contributed by atoms with E-state index in [4.69, 9.17) is 0 Å². The first kappa shape index (κ1) is 25.2. The number of rotatable bonds is 6. The van der Waals surface area contributed by atoms with Gasteiger partial charge < -0.3 is 14.8 Å². The number of imidazole rings is 1. The number of hydrogen-bond acceptors (Lipinski definition) is 8. The molecule has 0 spiro atoms. The fourth-order valence-electron chi connectivity index (χ4n) is 4.91. The first-order chi connectivity index (χ1) is 17.7. The number of halogens is 1. The van der Waals surface area contributed by atoms with Crippen molar-refractivity contribution in [3.63, 3.8) is 0 Å². The van der Waals surface area contributed by atoms with Gasteiger partial charge in [0, 0.05) is 56.2 Å². The van der Waals surface area contributed by atoms with Crippen LogP contribution in [-0.2, 0) is 12.1 Å². The predicted octanol–water partition coefficient (Wildman–Crippen LogP) is 4.37. The number of aryl methyl sites for hydroxylation is 1. The zero-order valence-corrected chi connectivity index (χ0v) is 22.2. The standard InChI is InChI=1S/C27H34FN9/c1-6-35-9-11-36(12-10-35)17-19-7-8-23(29-14-19)33-26-31-16-21(28)24(34-26)20-13-22-25(30-15-20)32-18(2)37(22)27(3,4)5/h7-8,13-16H,6,9-12,17H2,1-5H3,(H,29,31,33,34). The molecule has 1 aliphatic rings. The molecule has 0 amide bonds. The molecule has 1 N–H and O–H groups in total. The number of fused-ring (bicyclic) bond motifs is 1. The molecule has 0 aromatic carbocycles. The van der Waals surface area contributed by atoms with Gasteiger partial charge in [-0.25, -0.2) is 29.3 Å². The Balaban J connectivity index is 1.33. The fraction of sp³-hybridized carbons (Fsp3) is 0.444. The van der Waals surface area contributed by atoms with E-state index in [0.29, 0.717) is 17.0 Å². The molecule has 0 atom stereocenters. The number of piperazine rings is 1. The molecule has 5 heterocycles. The molecule has 5 rings (SSSR count). The lowest BCUT2D eigenvalue weighted by molar-refractivity contribution is 0.132. The molecule has 9 nitrogen and oxygen atoms in total. The number of hydrogen-bond donors (Lipinski definition) is 1. The zero-order chi connectivity index (χ0) is 26.2. The Morgan fingerprint density at radius 1 is 0.946 bits per heavy atom. The van der Waals surface area contributed by atoms with Crippen molar-refractivity contribution in [2.45, 2.75) is 46.7 Å². The van der Waals surface area contributed by atoms with E-state index in [-0.39, 0.29) is 17.2 Å². The molecule has 0 saturated carbocycles. The third-order valence-corrected chi connectivity index (χ3v) is 6.75. The summed E-state index contributed by atoms with van der Waals surface area (Å²) in [4.78, 5) is 27.1. The molecule has 1 fully saturated rings. The van der Waals surface area contributed by atoms with Crippen LogP contribution in [0.25, 0.3) is 22.4 Å². The third kappa shape index (κ3) is 5.45. The Bertz CT molecular complexity index is 1380. The van der Waals surface area contributed by atoms with Crippen molar-refractivity contribution in [2.24, 2.45) is 0 Å². The maximum atomic E-state index is 14.8. The normalized spacial score (nSPS) is 15.4. The van der Waals surface area contributed by atoms with Crippen LogP contribution in [0.2, 0.25) is 0 Å². The van der Waals surface area contributed by atoms with Crippen molar-refractivity contribution in [1.29, 1.82) is 0 Å². The van der Waals surface area contributed by atoms with Crippen LogP contribution in [0.1, 0.15) is 39.1 Å². The van der Waals surface area contributed by atoms with Crippen molar-refractivity contribution in [3.05, 3.63) is 54.0 Å². The Morgan fingerprint density at radius 3 is 2.38 bits per heavy atom. The summed E-state index contributed by atoms with van der Waals surface area (Å²) in [6.07, 6.45) is 4.64. The summed E-state index contributed by atoms with van der Waals surface area (Å²) in [5, 5.41) is 3.10. The molecular formula is C27H34FN9. The second kappa shape index (κ2) is 10.1. The highest BCUT2D eigenvalue weighted by Gasteiger charge is 2.21. The SMILES string of the molecule is CCN1CCN(Cc2ccc(Nc3ncc(F)c(-c4cnc5nc(C)n(C(C)(C)C)c5c4)n3)nc2)CC1. The van der Waals surface area contributed by atoms with Gasteiger partial charge in [0.15, 0.2) is 11.5 Å². The molecule has 4 aromatic heterocycles. The van der Waals surface area contributed by atoms with Crippen LogP contribution in [-0.4, -0.2) is 72.0 Å². The first-order valence-electron chi connectivity index (χ1n) is 12.8. The van der Waals surface area contributed by atoms with Gasteiger partial charge in [-0.05, 0) is 51.9 Å². The number of likely N-dealkylation sites (N-methyl/N-ethyl adjacent to an activating group) is 1. The lowest BCUT2D eigenvalue weighted by atomic mass is 10.1. The van der Waals surface area contributed by atoms with Crippen molar-refractivity contribution in [3.8, 4) is 11.3 Å². The minimum Gasteiger partial charge on any atom is -0.321 e. The molecule has 0 bridgehead atoms. The molecule has 0 aliphatic carbocycles. The van der Waals surface area contributed by atoms with Crippen LogP contribution in [0.3, 0.4) is 0 Å². The van der Waals surface area contributed by atoms with Crippen molar-refractivity contribution < 1.29 is 4.39 Å². The number of aromatic nitrogens is 6. The van der Waals surface area contributed by atoms with E-state index in [1.54, 1.807) is 6.20 Å². The van der Waals surface area contributed by atoms with Crippen molar-refractivity contribution in [2.75, 3.05) is 38.0 Å². The van der Waals surface area contributed by atoms with E-state index in [1.165, 1.54) is 6.20 Å². The van der Waals surface area contributed by atoms with Crippen LogP contribution in [0.5, 0.6) is 0 Å². The zero-order valence-electron chi connectivity index (χ0n) is 22.2. The first-order valence-corrected chi connectivity index (χ1v) is 12.8. The van der Waals surface area contributed by atoms with E-state index in [2.05, 4.69) is 78.4 Å². The number of pyridine rings is 2. The summed E-state index contributed by atoms with van der Waals surface area (Å²) in [5.74, 6) is 1.21.